The number of rotatable bonds is 6. The number of sulfonamides is 1. The molecular weight excluding hydrogens is 360 g/mol. The molecule has 3 rings (SSSR count). The Balaban J connectivity index is 1.59. The lowest BCUT2D eigenvalue weighted by Gasteiger charge is -2.46. The molecular formula is C21H38N2O3S. The SMILES string of the molecule is CC1(C)CC(CCNS(=O)(=O)C[C@]23CC[C@@H](CC2=O)C3(C)C)CC(C)(C)N1. The van der Waals surface area contributed by atoms with E-state index in [1.165, 1.54) is 0 Å². The Bertz CT molecular complexity index is 695. The molecule has 0 amide bonds. The van der Waals surface area contributed by atoms with Gasteiger partial charge in [-0.2, -0.15) is 0 Å². The number of nitrogens with one attached hydrogen (secondary N) is 2. The summed E-state index contributed by atoms with van der Waals surface area (Å²) in [6.45, 7) is 13.5. The molecule has 3 fully saturated rings. The maximum absolute atomic E-state index is 12.8. The van der Waals surface area contributed by atoms with Crippen molar-refractivity contribution in [1.82, 2.24) is 10.0 Å². The van der Waals surface area contributed by atoms with Crippen LogP contribution in [0.15, 0.2) is 0 Å². The number of carbonyl (C=O) groups is 1. The topological polar surface area (TPSA) is 75.3 Å². The van der Waals surface area contributed by atoms with Gasteiger partial charge in [0.1, 0.15) is 5.78 Å². The molecule has 0 aromatic heterocycles. The molecule has 0 spiro atoms. The number of hydrogen-bond acceptors (Lipinski definition) is 4. The van der Waals surface area contributed by atoms with Crippen LogP contribution >= 0.6 is 0 Å². The molecule has 0 unspecified atom stereocenters. The average Bonchev–Trinajstić information content (AvgIpc) is 2.77. The monoisotopic (exact) mass is 398 g/mol. The van der Waals surface area contributed by atoms with Crippen LogP contribution in [0.1, 0.15) is 80.1 Å². The van der Waals surface area contributed by atoms with Gasteiger partial charge in [0.05, 0.1) is 5.75 Å². The molecule has 3 aliphatic rings. The second-order valence-electron chi connectivity index (χ2n) is 11.3. The minimum absolute atomic E-state index is 0.0362. The fourth-order valence-corrected chi connectivity index (χ4v) is 8.50. The minimum Gasteiger partial charge on any atom is -0.307 e. The Morgan fingerprint density at radius 3 is 2.15 bits per heavy atom. The van der Waals surface area contributed by atoms with E-state index in [0.717, 1.165) is 32.1 Å². The molecule has 2 N–H and O–H groups in total. The summed E-state index contributed by atoms with van der Waals surface area (Å²) in [6, 6.07) is 0. The fourth-order valence-electron chi connectivity index (χ4n) is 6.64. The molecule has 0 radical (unpaired) electrons. The molecule has 0 aromatic rings. The summed E-state index contributed by atoms with van der Waals surface area (Å²) >= 11 is 0. The van der Waals surface area contributed by atoms with Crippen LogP contribution in [0.5, 0.6) is 0 Å². The Labute approximate surface area is 165 Å². The van der Waals surface area contributed by atoms with E-state index in [1.54, 1.807) is 0 Å². The first kappa shape index (κ1) is 21.3. The minimum atomic E-state index is -3.46. The highest BCUT2D eigenvalue weighted by Crippen LogP contribution is 2.64. The van der Waals surface area contributed by atoms with Crippen molar-refractivity contribution in [2.75, 3.05) is 12.3 Å². The summed E-state index contributed by atoms with van der Waals surface area (Å²) in [4.78, 5) is 12.6. The van der Waals surface area contributed by atoms with Gasteiger partial charge in [-0.15, -0.1) is 0 Å². The van der Waals surface area contributed by atoms with Crippen molar-refractivity contribution in [3.05, 3.63) is 0 Å². The van der Waals surface area contributed by atoms with E-state index in [-0.39, 0.29) is 28.0 Å². The van der Waals surface area contributed by atoms with Gasteiger partial charge in [0, 0.05) is 29.5 Å². The lowest BCUT2D eigenvalue weighted by Crippen LogP contribution is -2.58. The first-order valence-electron chi connectivity index (χ1n) is 10.5. The Kier molecular flexibility index (Phi) is 5.14. The first-order chi connectivity index (χ1) is 12.2. The molecule has 6 heteroatoms. The van der Waals surface area contributed by atoms with Crippen molar-refractivity contribution in [2.45, 2.75) is 91.1 Å². The largest absolute Gasteiger partial charge is 0.307 e. The second kappa shape index (κ2) is 6.53. The fraction of sp³-hybridized carbons (Fsp3) is 0.952. The molecule has 2 aliphatic carbocycles. The zero-order valence-corrected chi connectivity index (χ0v) is 18.8. The number of piperidine rings is 1. The molecule has 1 heterocycles. The van der Waals surface area contributed by atoms with Crippen molar-refractivity contribution in [2.24, 2.45) is 22.7 Å². The standard InChI is InChI=1S/C21H38N2O3S/c1-18(2)12-15(13-19(3,4)23-18)8-10-22-27(25,26)14-21-9-7-16(11-17(21)24)20(21,5)6/h15-16,22-23H,7-14H2,1-6H3/t16-,21+/m0/s1. The van der Waals surface area contributed by atoms with Crippen LogP contribution in [0.25, 0.3) is 0 Å². The number of hydrogen-bond donors (Lipinski definition) is 2. The predicted octanol–water partition coefficient (Wildman–Crippen LogP) is 3.25. The smallest absolute Gasteiger partial charge is 0.212 e. The highest BCUT2D eigenvalue weighted by molar-refractivity contribution is 7.89. The van der Waals surface area contributed by atoms with Crippen LogP contribution in [-0.4, -0.2) is 37.6 Å². The maximum Gasteiger partial charge on any atom is 0.212 e. The highest BCUT2D eigenvalue weighted by Gasteiger charge is 2.65. The molecule has 2 atom stereocenters. The van der Waals surface area contributed by atoms with E-state index in [1.807, 2.05) is 0 Å². The molecule has 27 heavy (non-hydrogen) atoms. The molecule has 2 saturated carbocycles. The van der Waals surface area contributed by atoms with E-state index in [0.29, 0.717) is 24.8 Å². The van der Waals surface area contributed by atoms with Gasteiger partial charge in [-0.3, -0.25) is 4.79 Å². The number of carbonyl (C=O) groups excluding carboxylic acids is 1. The summed E-state index contributed by atoms with van der Waals surface area (Å²) in [5.74, 6) is 0.971. The van der Waals surface area contributed by atoms with Gasteiger partial charge in [-0.25, -0.2) is 13.1 Å². The van der Waals surface area contributed by atoms with Gasteiger partial charge < -0.3 is 5.32 Å². The van der Waals surface area contributed by atoms with E-state index in [4.69, 9.17) is 0 Å². The van der Waals surface area contributed by atoms with Gasteiger partial charge in [-0.05, 0) is 77.0 Å². The van der Waals surface area contributed by atoms with E-state index < -0.39 is 15.4 Å². The Morgan fingerprint density at radius 2 is 1.67 bits per heavy atom. The van der Waals surface area contributed by atoms with Crippen LogP contribution in [0.3, 0.4) is 0 Å². The average molecular weight is 399 g/mol. The number of ketones is 1. The van der Waals surface area contributed by atoms with Crippen molar-refractivity contribution in [1.29, 1.82) is 0 Å². The molecule has 0 aromatic carbocycles. The van der Waals surface area contributed by atoms with Crippen molar-refractivity contribution in [3.63, 3.8) is 0 Å². The first-order valence-corrected chi connectivity index (χ1v) is 12.1. The third kappa shape index (κ3) is 3.99. The molecule has 2 bridgehead atoms. The van der Waals surface area contributed by atoms with E-state index >= 15 is 0 Å². The summed E-state index contributed by atoms with van der Waals surface area (Å²) in [5.41, 5.74) is -0.739. The normalized spacial score (nSPS) is 34.9. The van der Waals surface area contributed by atoms with Crippen LogP contribution in [-0.2, 0) is 14.8 Å². The number of Topliss-reactive ketones (excluding diaryl/α,β-unsaturated/α-hetero) is 1. The van der Waals surface area contributed by atoms with Crippen molar-refractivity contribution >= 4 is 15.8 Å². The van der Waals surface area contributed by atoms with Crippen LogP contribution in [0, 0.1) is 22.7 Å². The predicted molar refractivity (Wildman–Crippen MR) is 109 cm³/mol. The lowest BCUT2D eigenvalue weighted by molar-refractivity contribution is -0.128. The molecule has 1 aliphatic heterocycles. The third-order valence-electron chi connectivity index (χ3n) is 7.72. The van der Waals surface area contributed by atoms with E-state index in [2.05, 4.69) is 51.6 Å². The summed E-state index contributed by atoms with van der Waals surface area (Å²) < 4.78 is 28.5. The zero-order chi connectivity index (χ0) is 20.3. The quantitative estimate of drug-likeness (QED) is 0.720. The van der Waals surface area contributed by atoms with Gasteiger partial charge in [-0.1, -0.05) is 13.8 Å². The van der Waals surface area contributed by atoms with Crippen LogP contribution in [0.2, 0.25) is 0 Å². The summed E-state index contributed by atoms with van der Waals surface area (Å²) in [6.07, 6.45) is 5.21. The van der Waals surface area contributed by atoms with Gasteiger partial charge in [0.15, 0.2) is 0 Å². The molecule has 1 saturated heterocycles. The van der Waals surface area contributed by atoms with E-state index in [9.17, 15) is 13.2 Å². The van der Waals surface area contributed by atoms with Crippen molar-refractivity contribution < 1.29 is 13.2 Å². The lowest BCUT2D eigenvalue weighted by atomic mass is 9.70. The number of fused-ring (bicyclic) bond motifs is 2. The highest BCUT2D eigenvalue weighted by atomic mass is 32.2. The Hall–Kier alpha value is -0.460. The molecule has 5 nitrogen and oxygen atoms in total. The van der Waals surface area contributed by atoms with Gasteiger partial charge >= 0.3 is 0 Å². The maximum atomic E-state index is 12.8. The van der Waals surface area contributed by atoms with Gasteiger partial charge in [0.25, 0.3) is 0 Å². The third-order valence-corrected chi connectivity index (χ3v) is 9.24. The van der Waals surface area contributed by atoms with Crippen LogP contribution in [0.4, 0.5) is 0 Å². The molecule has 156 valence electrons. The Morgan fingerprint density at radius 1 is 1.07 bits per heavy atom. The van der Waals surface area contributed by atoms with Crippen molar-refractivity contribution in [3.8, 4) is 0 Å². The summed E-state index contributed by atoms with van der Waals surface area (Å²) in [7, 11) is -3.46. The van der Waals surface area contributed by atoms with Gasteiger partial charge in [0.2, 0.25) is 10.0 Å². The zero-order valence-electron chi connectivity index (χ0n) is 17.9. The van der Waals surface area contributed by atoms with Crippen LogP contribution < -0.4 is 10.0 Å². The second-order valence-corrected chi connectivity index (χ2v) is 13.1. The summed E-state index contributed by atoms with van der Waals surface area (Å²) in [5, 5.41) is 3.67.